The number of nitrogens with one attached hydrogen (secondary N) is 1. The smallest absolute Gasteiger partial charge is 0.257 e. The average molecular weight is 337 g/mol. The highest BCUT2D eigenvalue weighted by molar-refractivity contribution is 5.91. The van der Waals surface area contributed by atoms with Crippen molar-refractivity contribution in [2.75, 3.05) is 12.4 Å². The zero-order chi connectivity index (χ0) is 17.6. The van der Waals surface area contributed by atoms with Crippen molar-refractivity contribution in [2.24, 2.45) is 0 Å². The van der Waals surface area contributed by atoms with Crippen molar-refractivity contribution in [3.8, 4) is 17.2 Å². The van der Waals surface area contributed by atoms with Gasteiger partial charge < -0.3 is 14.6 Å². The predicted octanol–water partition coefficient (Wildman–Crippen LogP) is 3.62. The quantitative estimate of drug-likeness (QED) is 0.743. The number of ether oxygens (including phenoxy) is 1. The van der Waals surface area contributed by atoms with Crippen LogP contribution in [0.3, 0.4) is 0 Å². The minimum Gasteiger partial charge on any atom is -0.497 e. The van der Waals surface area contributed by atoms with Gasteiger partial charge in [-0.3, -0.25) is 4.79 Å². The summed E-state index contributed by atoms with van der Waals surface area (Å²) in [6.45, 7) is 1.77. The summed E-state index contributed by atoms with van der Waals surface area (Å²) in [6, 6.07) is 15.0. The molecular weight excluding hydrogens is 318 g/mol. The van der Waals surface area contributed by atoms with E-state index in [1.165, 1.54) is 0 Å². The molecule has 2 aromatic carbocycles. The van der Waals surface area contributed by atoms with Crippen molar-refractivity contribution in [3.05, 3.63) is 59.9 Å². The first-order valence-corrected chi connectivity index (χ1v) is 7.97. The maximum absolute atomic E-state index is 12.1. The zero-order valence-corrected chi connectivity index (χ0v) is 14.2. The number of rotatable bonds is 6. The average Bonchev–Trinajstić information content (AvgIpc) is 3.07. The minimum absolute atomic E-state index is 0.0378. The summed E-state index contributed by atoms with van der Waals surface area (Å²) < 4.78 is 10.3. The Morgan fingerprint density at radius 2 is 2.00 bits per heavy atom. The first kappa shape index (κ1) is 16.7. The van der Waals surface area contributed by atoms with Crippen LogP contribution in [0.15, 0.2) is 53.1 Å². The fraction of sp³-hybridized carbons (Fsp3) is 0.211. The van der Waals surface area contributed by atoms with E-state index in [0.29, 0.717) is 24.6 Å². The molecule has 25 heavy (non-hydrogen) atoms. The topological polar surface area (TPSA) is 77.2 Å². The highest BCUT2D eigenvalue weighted by Crippen LogP contribution is 2.20. The number of methoxy groups -OCH3 is 1. The van der Waals surface area contributed by atoms with Crippen LogP contribution in [0.1, 0.15) is 17.8 Å². The normalized spacial score (nSPS) is 10.5. The number of aromatic nitrogens is 2. The van der Waals surface area contributed by atoms with Crippen LogP contribution in [0, 0.1) is 6.92 Å². The van der Waals surface area contributed by atoms with Crippen LogP contribution in [0.2, 0.25) is 0 Å². The molecule has 0 bridgehead atoms. The molecule has 0 saturated heterocycles. The maximum Gasteiger partial charge on any atom is 0.257 e. The van der Waals surface area contributed by atoms with E-state index in [1.807, 2.05) is 48.5 Å². The van der Waals surface area contributed by atoms with Crippen molar-refractivity contribution >= 4 is 11.6 Å². The second-order valence-corrected chi connectivity index (χ2v) is 5.62. The van der Waals surface area contributed by atoms with Crippen LogP contribution in [-0.2, 0) is 11.2 Å². The molecule has 0 spiro atoms. The molecular formula is C19H19N3O3. The van der Waals surface area contributed by atoms with Gasteiger partial charge in [-0.2, -0.15) is 4.98 Å². The molecule has 0 aliphatic rings. The van der Waals surface area contributed by atoms with Gasteiger partial charge in [0.25, 0.3) is 5.89 Å². The summed E-state index contributed by atoms with van der Waals surface area (Å²) in [5.41, 5.74) is 2.61. The molecule has 6 heteroatoms. The molecule has 1 heterocycles. The van der Waals surface area contributed by atoms with Crippen molar-refractivity contribution in [1.29, 1.82) is 0 Å². The molecule has 1 aromatic heterocycles. The van der Waals surface area contributed by atoms with Gasteiger partial charge in [0, 0.05) is 17.7 Å². The molecule has 3 aromatic rings. The lowest BCUT2D eigenvalue weighted by Crippen LogP contribution is -2.12. The van der Waals surface area contributed by atoms with Crippen LogP contribution in [0.4, 0.5) is 5.69 Å². The Hall–Kier alpha value is -3.15. The summed E-state index contributed by atoms with van der Waals surface area (Å²) in [6.07, 6.45) is 1.06. The predicted molar refractivity (Wildman–Crippen MR) is 94.4 cm³/mol. The van der Waals surface area contributed by atoms with E-state index in [2.05, 4.69) is 15.5 Å². The Kier molecular flexibility index (Phi) is 5.09. The third-order valence-corrected chi connectivity index (χ3v) is 3.72. The van der Waals surface area contributed by atoms with E-state index in [4.69, 9.17) is 9.26 Å². The van der Waals surface area contributed by atoms with E-state index in [-0.39, 0.29) is 5.91 Å². The first-order chi connectivity index (χ1) is 12.1. The lowest BCUT2D eigenvalue weighted by atomic mass is 10.1. The largest absolute Gasteiger partial charge is 0.497 e. The van der Waals surface area contributed by atoms with Crippen LogP contribution in [-0.4, -0.2) is 23.2 Å². The van der Waals surface area contributed by atoms with Crippen LogP contribution in [0.5, 0.6) is 5.75 Å². The van der Waals surface area contributed by atoms with E-state index in [9.17, 15) is 4.79 Å². The van der Waals surface area contributed by atoms with Crippen LogP contribution in [0.25, 0.3) is 11.5 Å². The monoisotopic (exact) mass is 337 g/mol. The minimum atomic E-state index is -0.0378. The summed E-state index contributed by atoms with van der Waals surface area (Å²) in [4.78, 5) is 16.3. The van der Waals surface area contributed by atoms with Gasteiger partial charge in [0.15, 0.2) is 5.82 Å². The van der Waals surface area contributed by atoms with Gasteiger partial charge in [-0.15, -0.1) is 0 Å². The molecule has 0 saturated carbocycles. The van der Waals surface area contributed by atoms with Crippen molar-refractivity contribution in [2.45, 2.75) is 19.8 Å². The van der Waals surface area contributed by atoms with Crippen LogP contribution < -0.4 is 10.1 Å². The summed E-state index contributed by atoms with van der Waals surface area (Å²) >= 11 is 0. The molecule has 0 aliphatic heterocycles. The van der Waals surface area contributed by atoms with Crippen molar-refractivity contribution < 1.29 is 14.1 Å². The molecule has 0 radical (unpaired) electrons. The lowest BCUT2D eigenvalue weighted by molar-refractivity contribution is -0.116. The zero-order valence-electron chi connectivity index (χ0n) is 14.2. The molecule has 0 aliphatic carbocycles. The Morgan fingerprint density at radius 3 is 2.68 bits per heavy atom. The number of hydrogen-bond donors (Lipinski definition) is 1. The molecule has 1 amide bonds. The standard InChI is InChI=1S/C19H19N3O3/c1-13-20-19(25-22-13)15-7-9-16(10-8-15)21-18(23)11-6-14-4-3-5-17(12-14)24-2/h3-5,7-10,12H,6,11H2,1-2H3,(H,21,23). The Labute approximate surface area is 145 Å². The van der Waals surface area contributed by atoms with Crippen molar-refractivity contribution in [3.63, 3.8) is 0 Å². The van der Waals surface area contributed by atoms with E-state index < -0.39 is 0 Å². The fourth-order valence-electron chi connectivity index (χ4n) is 2.42. The van der Waals surface area contributed by atoms with Crippen molar-refractivity contribution in [1.82, 2.24) is 10.1 Å². The summed E-state index contributed by atoms with van der Waals surface area (Å²) in [5, 5.41) is 6.65. The Bertz CT molecular complexity index is 856. The summed E-state index contributed by atoms with van der Waals surface area (Å²) in [5.74, 6) is 1.81. The number of amides is 1. The number of nitrogens with zero attached hydrogens (tertiary/aromatic N) is 2. The number of benzene rings is 2. The molecule has 0 unspecified atom stereocenters. The van der Waals surface area contributed by atoms with E-state index in [0.717, 1.165) is 22.6 Å². The SMILES string of the molecule is COc1cccc(CCC(=O)Nc2ccc(-c3nc(C)no3)cc2)c1. The third kappa shape index (κ3) is 4.44. The van der Waals surface area contributed by atoms with Gasteiger partial charge in [0.05, 0.1) is 7.11 Å². The number of carbonyl (C=O) groups is 1. The number of carbonyl (C=O) groups excluding carboxylic acids is 1. The highest BCUT2D eigenvalue weighted by atomic mass is 16.5. The lowest BCUT2D eigenvalue weighted by Gasteiger charge is -2.07. The first-order valence-electron chi connectivity index (χ1n) is 7.97. The van der Waals surface area contributed by atoms with Gasteiger partial charge in [0.1, 0.15) is 5.75 Å². The third-order valence-electron chi connectivity index (χ3n) is 3.72. The van der Waals surface area contributed by atoms with Gasteiger partial charge in [-0.05, 0) is 55.3 Å². The Balaban J connectivity index is 1.55. The molecule has 6 nitrogen and oxygen atoms in total. The highest BCUT2D eigenvalue weighted by Gasteiger charge is 2.07. The second kappa shape index (κ2) is 7.61. The number of anilines is 1. The number of aryl methyl sites for hydroxylation is 2. The van der Waals surface area contributed by atoms with E-state index >= 15 is 0 Å². The number of hydrogen-bond acceptors (Lipinski definition) is 5. The molecule has 0 atom stereocenters. The fourth-order valence-corrected chi connectivity index (χ4v) is 2.42. The molecule has 0 fully saturated rings. The van der Waals surface area contributed by atoms with Gasteiger partial charge in [-0.1, -0.05) is 17.3 Å². The van der Waals surface area contributed by atoms with Gasteiger partial charge in [-0.25, -0.2) is 0 Å². The van der Waals surface area contributed by atoms with Gasteiger partial charge >= 0.3 is 0 Å². The second-order valence-electron chi connectivity index (χ2n) is 5.62. The van der Waals surface area contributed by atoms with Crippen LogP contribution >= 0.6 is 0 Å². The molecule has 1 N–H and O–H groups in total. The van der Waals surface area contributed by atoms with E-state index in [1.54, 1.807) is 14.0 Å². The molecule has 3 rings (SSSR count). The van der Waals surface area contributed by atoms with Gasteiger partial charge in [0.2, 0.25) is 5.91 Å². The summed E-state index contributed by atoms with van der Waals surface area (Å²) in [7, 11) is 1.63. The Morgan fingerprint density at radius 1 is 1.20 bits per heavy atom. The maximum atomic E-state index is 12.1. The molecule has 128 valence electrons.